The van der Waals surface area contributed by atoms with Gasteiger partial charge in [-0.25, -0.2) is 4.68 Å². The smallest absolute Gasteiger partial charge is 0.275 e. The number of amides is 1. The summed E-state index contributed by atoms with van der Waals surface area (Å²) in [5, 5.41) is 10.0. The lowest BCUT2D eigenvalue weighted by molar-refractivity contribution is -0.119. The second kappa shape index (κ2) is 8.40. The van der Waals surface area contributed by atoms with E-state index in [-0.39, 0.29) is 18.0 Å². The maximum Gasteiger partial charge on any atom is 0.275 e. The highest BCUT2D eigenvalue weighted by atomic mass is 32.1. The summed E-state index contributed by atoms with van der Waals surface area (Å²) >= 11 is 1.56. The van der Waals surface area contributed by atoms with Gasteiger partial charge >= 0.3 is 0 Å². The summed E-state index contributed by atoms with van der Waals surface area (Å²) in [6.07, 6.45) is 0. The number of likely N-dealkylation sites (N-methyl/N-ethyl adjacent to an activating group) is 1. The molecule has 3 aromatic carbocycles. The molecule has 0 radical (unpaired) electrons. The molecule has 0 atom stereocenters. The van der Waals surface area contributed by atoms with Crippen molar-refractivity contribution in [3.8, 4) is 10.6 Å². The van der Waals surface area contributed by atoms with E-state index in [0.717, 1.165) is 32.4 Å². The minimum atomic E-state index is -0.261. The fourth-order valence-electron chi connectivity index (χ4n) is 4.08. The molecule has 0 saturated heterocycles. The number of thiophene rings is 1. The van der Waals surface area contributed by atoms with Crippen LogP contribution in [0.1, 0.15) is 6.92 Å². The Labute approximate surface area is 189 Å². The molecule has 6 heteroatoms. The van der Waals surface area contributed by atoms with Crippen LogP contribution in [-0.2, 0) is 11.3 Å². The van der Waals surface area contributed by atoms with Crippen LogP contribution in [-0.4, -0.2) is 22.2 Å². The first-order valence-corrected chi connectivity index (χ1v) is 11.4. The molecule has 5 nitrogen and oxygen atoms in total. The molecule has 0 bridgehead atoms. The van der Waals surface area contributed by atoms with Crippen LogP contribution in [0, 0.1) is 0 Å². The van der Waals surface area contributed by atoms with Crippen LogP contribution in [0.3, 0.4) is 0 Å². The van der Waals surface area contributed by atoms with Crippen molar-refractivity contribution in [2.75, 3.05) is 11.4 Å². The molecular formula is C26H21N3O2S. The lowest BCUT2D eigenvalue weighted by Crippen LogP contribution is -2.37. The van der Waals surface area contributed by atoms with Crippen molar-refractivity contribution in [1.29, 1.82) is 0 Å². The Balaban J connectivity index is 1.59. The summed E-state index contributed by atoms with van der Waals surface area (Å²) < 4.78 is 1.30. The number of benzene rings is 3. The lowest BCUT2D eigenvalue weighted by atomic mass is 10.1. The van der Waals surface area contributed by atoms with E-state index in [1.807, 2.05) is 85.1 Å². The predicted molar refractivity (Wildman–Crippen MR) is 131 cm³/mol. The molecule has 1 amide bonds. The van der Waals surface area contributed by atoms with Crippen LogP contribution >= 0.6 is 11.3 Å². The highest BCUT2D eigenvalue weighted by Gasteiger charge is 2.20. The van der Waals surface area contributed by atoms with E-state index in [1.54, 1.807) is 22.3 Å². The minimum Gasteiger partial charge on any atom is -0.310 e. The number of hydrogen-bond donors (Lipinski definition) is 0. The van der Waals surface area contributed by atoms with Crippen LogP contribution in [0.25, 0.3) is 32.1 Å². The van der Waals surface area contributed by atoms with Gasteiger partial charge in [0.25, 0.3) is 5.56 Å². The molecule has 5 rings (SSSR count). The van der Waals surface area contributed by atoms with Crippen LogP contribution in [0.2, 0.25) is 0 Å². The normalized spacial score (nSPS) is 11.2. The van der Waals surface area contributed by atoms with Crippen molar-refractivity contribution in [2.45, 2.75) is 13.5 Å². The summed E-state index contributed by atoms with van der Waals surface area (Å²) in [6, 6.07) is 25.3. The summed E-state index contributed by atoms with van der Waals surface area (Å²) in [6.45, 7) is 2.30. The number of fused-ring (bicyclic) bond motifs is 2. The van der Waals surface area contributed by atoms with E-state index in [4.69, 9.17) is 0 Å². The molecule has 0 saturated carbocycles. The van der Waals surface area contributed by atoms with Gasteiger partial charge in [-0.05, 0) is 35.9 Å². The summed E-state index contributed by atoms with van der Waals surface area (Å²) in [5.41, 5.74) is 1.29. The first-order chi connectivity index (χ1) is 15.7. The average Bonchev–Trinajstić information content (AvgIpc) is 3.36. The highest BCUT2D eigenvalue weighted by molar-refractivity contribution is 7.13. The molecule has 0 aliphatic carbocycles. The third kappa shape index (κ3) is 3.48. The molecule has 158 valence electrons. The Morgan fingerprint density at radius 3 is 2.38 bits per heavy atom. The Morgan fingerprint density at radius 2 is 1.62 bits per heavy atom. The molecule has 32 heavy (non-hydrogen) atoms. The van der Waals surface area contributed by atoms with Gasteiger partial charge < -0.3 is 4.90 Å². The van der Waals surface area contributed by atoms with Crippen LogP contribution in [0.15, 0.2) is 89.0 Å². The molecule has 5 aromatic rings. The number of carbonyl (C=O) groups is 1. The van der Waals surface area contributed by atoms with Crippen molar-refractivity contribution < 1.29 is 4.79 Å². The van der Waals surface area contributed by atoms with Crippen molar-refractivity contribution >= 4 is 44.5 Å². The molecule has 0 aliphatic heterocycles. The zero-order valence-electron chi connectivity index (χ0n) is 17.6. The molecule has 0 unspecified atom stereocenters. The second-order valence-corrected chi connectivity index (χ2v) is 8.42. The van der Waals surface area contributed by atoms with Crippen molar-refractivity contribution in [2.24, 2.45) is 0 Å². The first kappa shape index (κ1) is 20.2. The number of carbonyl (C=O) groups excluding carboxylic acids is 1. The summed E-state index contributed by atoms with van der Waals surface area (Å²) in [5.74, 6) is -0.175. The van der Waals surface area contributed by atoms with Gasteiger partial charge in [0.15, 0.2) is 0 Å². The largest absolute Gasteiger partial charge is 0.310 e. The van der Waals surface area contributed by atoms with E-state index in [0.29, 0.717) is 11.9 Å². The molecule has 0 aliphatic rings. The van der Waals surface area contributed by atoms with E-state index >= 15 is 0 Å². The third-order valence-electron chi connectivity index (χ3n) is 5.58. The van der Waals surface area contributed by atoms with Gasteiger partial charge in [0.05, 0.1) is 16.0 Å². The maximum absolute atomic E-state index is 13.4. The van der Waals surface area contributed by atoms with Gasteiger partial charge in [-0.3, -0.25) is 9.59 Å². The Kier molecular flexibility index (Phi) is 5.29. The number of anilines is 1. The van der Waals surface area contributed by atoms with Crippen molar-refractivity contribution in [3.63, 3.8) is 0 Å². The number of nitrogens with zero attached hydrogens (tertiary/aromatic N) is 3. The Hall–Kier alpha value is -3.77. The van der Waals surface area contributed by atoms with E-state index in [9.17, 15) is 9.59 Å². The summed E-state index contributed by atoms with van der Waals surface area (Å²) in [4.78, 5) is 29.3. The number of hydrogen-bond acceptors (Lipinski definition) is 4. The van der Waals surface area contributed by atoms with Gasteiger partial charge in [0, 0.05) is 17.3 Å². The summed E-state index contributed by atoms with van der Waals surface area (Å²) in [7, 11) is 0. The van der Waals surface area contributed by atoms with Gasteiger partial charge in [0.1, 0.15) is 12.2 Å². The standard InChI is InChI=1S/C26H21N3O2S/c1-2-28(22-14-7-10-18-9-3-4-11-19(18)22)24(30)17-29-26(31)21-13-6-5-12-20(21)25(27-29)23-15-8-16-32-23/h3-16H,2,17H2,1H3. The fraction of sp³-hybridized carbons (Fsp3) is 0.115. The monoisotopic (exact) mass is 439 g/mol. The lowest BCUT2D eigenvalue weighted by Gasteiger charge is -2.23. The van der Waals surface area contributed by atoms with Crippen LogP contribution in [0.4, 0.5) is 5.69 Å². The molecular weight excluding hydrogens is 418 g/mol. The maximum atomic E-state index is 13.4. The third-order valence-corrected chi connectivity index (χ3v) is 6.46. The first-order valence-electron chi connectivity index (χ1n) is 10.5. The van der Waals surface area contributed by atoms with E-state index < -0.39 is 0 Å². The van der Waals surface area contributed by atoms with Crippen molar-refractivity contribution in [1.82, 2.24) is 9.78 Å². The fourth-order valence-corrected chi connectivity index (χ4v) is 4.80. The number of rotatable bonds is 5. The SMILES string of the molecule is CCN(C(=O)Cn1nc(-c2cccs2)c2ccccc2c1=O)c1cccc2ccccc12. The van der Waals surface area contributed by atoms with Gasteiger partial charge in [-0.15, -0.1) is 11.3 Å². The van der Waals surface area contributed by atoms with Gasteiger partial charge in [-0.2, -0.15) is 5.10 Å². The second-order valence-electron chi connectivity index (χ2n) is 7.47. The topological polar surface area (TPSA) is 55.2 Å². The van der Waals surface area contributed by atoms with Crippen LogP contribution < -0.4 is 10.5 Å². The predicted octanol–water partition coefficient (Wildman–Crippen LogP) is 5.33. The molecule has 0 N–H and O–H groups in total. The van der Waals surface area contributed by atoms with E-state index in [1.165, 1.54) is 4.68 Å². The van der Waals surface area contributed by atoms with Gasteiger partial charge in [-0.1, -0.05) is 60.7 Å². The Bertz CT molecular complexity index is 1480. The zero-order valence-corrected chi connectivity index (χ0v) is 18.4. The highest BCUT2D eigenvalue weighted by Crippen LogP contribution is 2.29. The molecule has 0 fully saturated rings. The molecule has 0 spiro atoms. The quantitative estimate of drug-likeness (QED) is 0.372. The van der Waals surface area contributed by atoms with Crippen molar-refractivity contribution in [3.05, 3.63) is 94.6 Å². The zero-order chi connectivity index (χ0) is 22.1. The Morgan fingerprint density at radius 1 is 0.906 bits per heavy atom. The molecule has 2 aromatic heterocycles. The molecule has 2 heterocycles. The minimum absolute atomic E-state index is 0.126. The average molecular weight is 440 g/mol. The van der Waals surface area contributed by atoms with Crippen LogP contribution in [0.5, 0.6) is 0 Å². The van der Waals surface area contributed by atoms with Gasteiger partial charge in [0.2, 0.25) is 5.91 Å². The number of aromatic nitrogens is 2. The van der Waals surface area contributed by atoms with E-state index in [2.05, 4.69) is 5.10 Å².